The summed E-state index contributed by atoms with van der Waals surface area (Å²) in [6.45, 7) is 6.81. The van der Waals surface area contributed by atoms with Crippen LogP contribution in [-0.2, 0) is 9.59 Å². The standard InChI is InChI=1S/C14H18Cl2N2O2/c1-8(2)17-12(19)14(3,4)13(20)18-9-5-6-10(15)11(16)7-9/h5-8H,1-4H3,(H,17,19)(H,18,20). The molecule has 0 spiro atoms. The average molecular weight is 317 g/mol. The minimum atomic E-state index is -1.18. The summed E-state index contributed by atoms with van der Waals surface area (Å²) >= 11 is 11.7. The Labute approximate surface area is 128 Å². The van der Waals surface area contributed by atoms with Gasteiger partial charge in [-0.1, -0.05) is 23.2 Å². The molecule has 20 heavy (non-hydrogen) atoms. The minimum Gasteiger partial charge on any atom is -0.353 e. The predicted molar refractivity (Wildman–Crippen MR) is 82.2 cm³/mol. The van der Waals surface area contributed by atoms with Crippen molar-refractivity contribution in [3.8, 4) is 0 Å². The SMILES string of the molecule is CC(C)NC(=O)C(C)(C)C(=O)Nc1ccc(Cl)c(Cl)c1. The first-order chi connectivity index (χ1) is 9.14. The van der Waals surface area contributed by atoms with Crippen LogP contribution >= 0.6 is 23.2 Å². The van der Waals surface area contributed by atoms with Crippen molar-refractivity contribution in [1.29, 1.82) is 0 Å². The Kier molecular flexibility index (Phi) is 5.42. The molecular weight excluding hydrogens is 299 g/mol. The second-order valence-corrected chi connectivity index (χ2v) is 6.15. The van der Waals surface area contributed by atoms with Crippen LogP contribution in [-0.4, -0.2) is 17.9 Å². The molecule has 1 aromatic rings. The maximum absolute atomic E-state index is 12.2. The van der Waals surface area contributed by atoms with Crippen LogP contribution in [0.4, 0.5) is 5.69 Å². The third kappa shape index (κ3) is 4.12. The van der Waals surface area contributed by atoms with Gasteiger partial charge in [-0.2, -0.15) is 0 Å². The molecular formula is C14H18Cl2N2O2. The summed E-state index contributed by atoms with van der Waals surface area (Å²) in [5, 5.41) is 6.13. The van der Waals surface area contributed by atoms with E-state index in [4.69, 9.17) is 23.2 Å². The van der Waals surface area contributed by atoms with Crippen molar-refractivity contribution in [2.45, 2.75) is 33.7 Å². The monoisotopic (exact) mass is 316 g/mol. The topological polar surface area (TPSA) is 58.2 Å². The molecule has 4 nitrogen and oxygen atoms in total. The summed E-state index contributed by atoms with van der Waals surface area (Å²) in [5.41, 5.74) is -0.689. The first-order valence-corrected chi connectivity index (χ1v) is 6.97. The maximum Gasteiger partial charge on any atom is 0.239 e. The fourth-order valence-electron chi connectivity index (χ4n) is 1.41. The molecule has 110 valence electrons. The van der Waals surface area contributed by atoms with Crippen LogP contribution in [0.25, 0.3) is 0 Å². The number of hydrogen-bond donors (Lipinski definition) is 2. The third-order valence-corrected chi connectivity index (χ3v) is 3.47. The van der Waals surface area contributed by atoms with E-state index in [0.29, 0.717) is 15.7 Å². The van der Waals surface area contributed by atoms with E-state index in [1.54, 1.807) is 26.0 Å². The number of anilines is 1. The van der Waals surface area contributed by atoms with Gasteiger partial charge in [0.2, 0.25) is 11.8 Å². The number of hydrogen-bond acceptors (Lipinski definition) is 2. The predicted octanol–water partition coefficient (Wildman–Crippen LogP) is 3.48. The van der Waals surface area contributed by atoms with E-state index in [-0.39, 0.29) is 11.9 Å². The lowest BCUT2D eigenvalue weighted by Crippen LogP contribution is -2.47. The zero-order valence-electron chi connectivity index (χ0n) is 11.9. The van der Waals surface area contributed by atoms with Gasteiger partial charge in [0.05, 0.1) is 10.0 Å². The molecule has 1 rings (SSSR count). The average Bonchev–Trinajstić information content (AvgIpc) is 2.32. The Morgan fingerprint density at radius 2 is 1.70 bits per heavy atom. The Hall–Kier alpha value is -1.26. The summed E-state index contributed by atoms with van der Waals surface area (Å²) in [7, 11) is 0. The molecule has 0 saturated heterocycles. The summed E-state index contributed by atoms with van der Waals surface area (Å²) < 4.78 is 0. The Morgan fingerprint density at radius 1 is 1.10 bits per heavy atom. The molecule has 0 unspecified atom stereocenters. The van der Waals surface area contributed by atoms with E-state index in [0.717, 1.165) is 0 Å². The van der Waals surface area contributed by atoms with Gasteiger partial charge in [0.15, 0.2) is 0 Å². The van der Waals surface area contributed by atoms with Crippen LogP contribution in [0.15, 0.2) is 18.2 Å². The molecule has 6 heteroatoms. The van der Waals surface area contributed by atoms with Gasteiger partial charge in [0, 0.05) is 11.7 Å². The number of nitrogens with one attached hydrogen (secondary N) is 2. The highest BCUT2D eigenvalue weighted by Crippen LogP contribution is 2.26. The summed E-state index contributed by atoms with van der Waals surface area (Å²) in [6.07, 6.45) is 0. The molecule has 0 radical (unpaired) electrons. The van der Waals surface area contributed by atoms with Gasteiger partial charge < -0.3 is 10.6 Å². The van der Waals surface area contributed by atoms with E-state index in [1.165, 1.54) is 6.07 Å². The van der Waals surface area contributed by atoms with Gasteiger partial charge in [-0.15, -0.1) is 0 Å². The molecule has 0 aliphatic carbocycles. The zero-order chi connectivity index (χ0) is 15.5. The molecule has 0 aromatic heterocycles. The highest BCUT2D eigenvalue weighted by molar-refractivity contribution is 6.42. The highest BCUT2D eigenvalue weighted by Gasteiger charge is 2.36. The normalized spacial score (nSPS) is 11.3. The van der Waals surface area contributed by atoms with Gasteiger partial charge in [0.25, 0.3) is 0 Å². The molecule has 1 aromatic carbocycles. The van der Waals surface area contributed by atoms with E-state index < -0.39 is 11.3 Å². The lowest BCUT2D eigenvalue weighted by atomic mass is 9.90. The maximum atomic E-state index is 12.2. The van der Waals surface area contributed by atoms with Crippen LogP contribution in [0.1, 0.15) is 27.7 Å². The van der Waals surface area contributed by atoms with Crippen LogP contribution in [0, 0.1) is 5.41 Å². The summed E-state index contributed by atoms with van der Waals surface area (Å²) in [4.78, 5) is 24.2. The first-order valence-electron chi connectivity index (χ1n) is 6.22. The smallest absolute Gasteiger partial charge is 0.239 e. The Morgan fingerprint density at radius 3 is 2.20 bits per heavy atom. The fraction of sp³-hybridized carbons (Fsp3) is 0.429. The fourth-order valence-corrected chi connectivity index (χ4v) is 1.71. The highest BCUT2D eigenvalue weighted by atomic mass is 35.5. The second kappa shape index (κ2) is 6.46. The number of amides is 2. The molecule has 0 fully saturated rings. The van der Waals surface area contributed by atoms with Crippen molar-refractivity contribution < 1.29 is 9.59 Å². The van der Waals surface area contributed by atoms with Crippen molar-refractivity contribution in [2.75, 3.05) is 5.32 Å². The lowest BCUT2D eigenvalue weighted by molar-refractivity contribution is -0.138. The van der Waals surface area contributed by atoms with Crippen molar-refractivity contribution in [2.24, 2.45) is 5.41 Å². The molecule has 0 saturated carbocycles. The van der Waals surface area contributed by atoms with Crippen LogP contribution < -0.4 is 10.6 Å². The van der Waals surface area contributed by atoms with Gasteiger partial charge >= 0.3 is 0 Å². The van der Waals surface area contributed by atoms with Crippen molar-refractivity contribution >= 4 is 40.7 Å². The zero-order valence-corrected chi connectivity index (χ0v) is 13.4. The van der Waals surface area contributed by atoms with Crippen LogP contribution in [0.2, 0.25) is 10.0 Å². The molecule has 0 aliphatic heterocycles. The van der Waals surface area contributed by atoms with Crippen molar-refractivity contribution in [3.63, 3.8) is 0 Å². The minimum absolute atomic E-state index is 0.0282. The third-order valence-electron chi connectivity index (χ3n) is 2.73. The van der Waals surface area contributed by atoms with Crippen LogP contribution in [0.5, 0.6) is 0 Å². The molecule has 2 N–H and O–H groups in total. The number of halogens is 2. The van der Waals surface area contributed by atoms with Crippen molar-refractivity contribution in [1.82, 2.24) is 5.32 Å². The van der Waals surface area contributed by atoms with E-state index in [9.17, 15) is 9.59 Å². The first kappa shape index (κ1) is 16.8. The lowest BCUT2D eigenvalue weighted by Gasteiger charge is -2.24. The van der Waals surface area contributed by atoms with Gasteiger partial charge in [0.1, 0.15) is 5.41 Å². The van der Waals surface area contributed by atoms with Crippen molar-refractivity contribution in [3.05, 3.63) is 28.2 Å². The van der Waals surface area contributed by atoms with E-state index in [2.05, 4.69) is 10.6 Å². The summed E-state index contributed by atoms with van der Waals surface area (Å²) in [6, 6.07) is 4.72. The molecule has 0 aliphatic rings. The Balaban J connectivity index is 2.83. The quantitative estimate of drug-likeness (QED) is 0.835. The Bertz CT molecular complexity index is 528. The molecule has 2 amide bonds. The van der Waals surface area contributed by atoms with Crippen LogP contribution in [0.3, 0.4) is 0 Å². The molecule has 0 bridgehead atoms. The molecule has 0 atom stereocenters. The number of carbonyl (C=O) groups excluding carboxylic acids is 2. The summed E-state index contributed by atoms with van der Waals surface area (Å²) in [5.74, 6) is -0.737. The van der Waals surface area contributed by atoms with Gasteiger partial charge in [-0.05, 0) is 45.9 Å². The largest absolute Gasteiger partial charge is 0.353 e. The number of benzene rings is 1. The van der Waals surface area contributed by atoms with Gasteiger partial charge in [-0.3, -0.25) is 9.59 Å². The number of carbonyl (C=O) groups is 2. The van der Waals surface area contributed by atoms with Gasteiger partial charge in [-0.25, -0.2) is 0 Å². The van der Waals surface area contributed by atoms with E-state index in [1.807, 2.05) is 13.8 Å². The molecule has 0 heterocycles. The van der Waals surface area contributed by atoms with E-state index >= 15 is 0 Å². The number of rotatable bonds is 4. The second-order valence-electron chi connectivity index (χ2n) is 5.34.